The Morgan fingerprint density at radius 1 is 0.393 bits per heavy atom. The van der Waals surface area contributed by atoms with E-state index in [1.807, 2.05) is 11.8 Å². The van der Waals surface area contributed by atoms with Crippen molar-refractivity contribution in [3.8, 4) is 22.3 Å². The summed E-state index contributed by atoms with van der Waals surface area (Å²) in [5.74, 6) is 0. The quantitative estimate of drug-likeness (QED) is 0.174. The van der Waals surface area contributed by atoms with E-state index in [0.29, 0.717) is 0 Å². The predicted octanol–water partition coefficient (Wildman–Crippen LogP) is 15.8. The zero-order valence-electron chi connectivity index (χ0n) is 34.9. The van der Waals surface area contributed by atoms with E-state index in [2.05, 4.69) is 233 Å². The zero-order chi connectivity index (χ0) is 41.1. The number of rotatable bonds is 4. The largest absolute Gasteiger partial charge is 0.310 e. The van der Waals surface area contributed by atoms with Crippen molar-refractivity contribution in [2.24, 2.45) is 0 Å². The van der Waals surface area contributed by atoms with E-state index in [-0.39, 0.29) is 10.8 Å². The lowest BCUT2D eigenvalue weighted by Crippen LogP contribution is -2.44. The van der Waals surface area contributed by atoms with E-state index < -0.39 is 5.41 Å². The van der Waals surface area contributed by atoms with Crippen molar-refractivity contribution in [3.05, 3.63) is 245 Å². The molecule has 2 aliphatic carbocycles. The molecular formula is C59H45NS. The Kier molecular flexibility index (Phi) is 7.84. The highest BCUT2D eigenvalue weighted by Crippen LogP contribution is 2.64. The fourth-order valence-electron chi connectivity index (χ4n) is 11.4. The molecule has 9 aromatic carbocycles. The van der Waals surface area contributed by atoms with Crippen LogP contribution in [0.25, 0.3) is 33.0 Å². The second-order valence-corrected chi connectivity index (χ2v) is 19.1. The highest BCUT2D eigenvalue weighted by atomic mass is 32.2. The minimum atomic E-state index is -0.553. The predicted molar refractivity (Wildman–Crippen MR) is 256 cm³/mol. The lowest BCUT2D eigenvalue weighted by Gasteiger charge is -2.51. The smallest absolute Gasteiger partial charge is 0.0730 e. The molecule has 1 spiro atoms. The van der Waals surface area contributed by atoms with Crippen molar-refractivity contribution in [3.63, 3.8) is 0 Å². The molecule has 12 rings (SSSR count). The molecule has 1 aliphatic heterocycles. The minimum Gasteiger partial charge on any atom is -0.310 e. The monoisotopic (exact) mass is 799 g/mol. The summed E-state index contributed by atoms with van der Waals surface area (Å²) in [5, 5.41) is 2.58. The van der Waals surface area contributed by atoms with Crippen LogP contribution in [0.4, 0.5) is 17.1 Å². The number of anilines is 3. The normalized spacial score (nSPS) is 17.1. The molecule has 61 heavy (non-hydrogen) atoms. The highest BCUT2D eigenvalue weighted by Gasteiger charge is 2.53. The molecule has 3 aliphatic rings. The summed E-state index contributed by atoms with van der Waals surface area (Å²) in [7, 11) is 0. The van der Waals surface area contributed by atoms with Crippen LogP contribution in [0.1, 0.15) is 72.2 Å². The Morgan fingerprint density at radius 3 is 1.84 bits per heavy atom. The van der Waals surface area contributed by atoms with E-state index in [1.54, 1.807) is 0 Å². The van der Waals surface area contributed by atoms with Gasteiger partial charge in [-0.1, -0.05) is 203 Å². The molecule has 1 heterocycles. The second kappa shape index (κ2) is 13.2. The minimum absolute atomic E-state index is 0.140. The van der Waals surface area contributed by atoms with Crippen LogP contribution in [0.2, 0.25) is 0 Å². The van der Waals surface area contributed by atoms with E-state index in [0.717, 1.165) is 11.4 Å². The average Bonchev–Trinajstić information content (AvgIpc) is 3.53. The van der Waals surface area contributed by atoms with Gasteiger partial charge >= 0.3 is 0 Å². The fourth-order valence-corrected chi connectivity index (χ4v) is 12.7. The molecule has 0 aromatic heterocycles. The van der Waals surface area contributed by atoms with Crippen LogP contribution in [0.3, 0.4) is 0 Å². The summed E-state index contributed by atoms with van der Waals surface area (Å²) in [5.41, 5.74) is 18.4. The average molecular weight is 800 g/mol. The highest BCUT2D eigenvalue weighted by molar-refractivity contribution is 7.99. The van der Waals surface area contributed by atoms with E-state index in [9.17, 15) is 0 Å². The molecule has 0 N–H and O–H groups in total. The zero-order valence-corrected chi connectivity index (χ0v) is 35.7. The molecule has 1 unspecified atom stereocenters. The molecule has 1 atom stereocenters. The molecule has 0 saturated carbocycles. The lowest BCUT2D eigenvalue weighted by molar-refractivity contribution is 0.550. The molecular weight excluding hydrogens is 755 g/mol. The van der Waals surface area contributed by atoms with Gasteiger partial charge in [-0.25, -0.2) is 0 Å². The van der Waals surface area contributed by atoms with Crippen LogP contribution in [0.15, 0.2) is 210 Å². The molecule has 0 radical (unpaired) electrons. The first-order chi connectivity index (χ1) is 29.8. The van der Waals surface area contributed by atoms with Crippen molar-refractivity contribution in [1.29, 1.82) is 0 Å². The third kappa shape index (κ3) is 5.03. The van der Waals surface area contributed by atoms with Gasteiger partial charge in [-0.15, -0.1) is 0 Å². The molecule has 0 amide bonds. The summed E-state index contributed by atoms with van der Waals surface area (Å²) >= 11 is 1.93. The van der Waals surface area contributed by atoms with Gasteiger partial charge in [0, 0.05) is 32.0 Å². The summed E-state index contributed by atoms with van der Waals surface area (Å²) in [4.78, 5) is 5.21. The van der Waals surface area contributed by atoms with Gasteiger partial charge in [0.1, 0.15) is 0 Å². The summed E-state index contributed by atoms with van der Waals surface area (Å²) in [6.07, 6.45) is 0. The van der Waals surface area contributed by atoms with Gasteiger partial charge < -0.3 is 4.90 Å². The lowest BCUT2D eigenvalue weighted by atomic mass is 9.53. The fraction of sp³-hybridized carbons (Fsp3) is 0.119. The van der Waals surface area contributed by atoms with Gasteiger partial charge in [-0.05, 0) is 114 Å². The summed E-state index contributed by atoms with van der Waals surface area (Å²) < 4.78 is 0. The van der Waals surface area contributed by atoms with Crippen molar-refractivity contribution in [2.45, 2.75) is 53.7 Å². The molecule has 2 heteroatoms. The van der Waals surface area contributed by atoms with Gasteiger partial charge in [-0.2, -0.15) is 0 Å². The van der Waals surface area contributed by atoms with Gasteiger partial charge in [0.15, 0.2) is 0 Å². The number of nitrogens with zero attached hydrogens (tertiary/aromatic N) is 1. The molecule has 1 nitrogen and oxygen atoms in total. The van der Waals surface area contributed by atoms with Gasteiger partial charge in [0.2, 0.25) is 0 Å². The van der Waals surface area contributed by atoms with E-state index in [1.165, 1.54) is 93.0 Å². The Morgan fingerprint density at radius 2 is 1.02 bits per heavy atom. The third-order valence-corrected chi connectivity index (χ3v) is 15.4. The Bertz CT molecular complexity index is 3230. The SMILES string of the molecule is CC1(C)c2ccccc2-c2ccc(N(c3ccc(-c4ccccc4)cc3)c3cccc4c3C(C)(C)c3ccccc3C43c4ccccc4Sc4c3ccc3ccccc43)cc21. The van der Waals surface area contributed by atoms with E-state index in [4.69, 9.17) is 0 Å². The first-order valence-corrected chi connectivity index (χ1v) is 22.3. The maximum Gasteiger partial charge on any atom is 0.0730 e. The Hall–Kier alpha value is -6.61. The van der Waals surface area contributed by atoms with Crippen molar-refractivity contribution in [1.82, 2.24) is 0 Å². The molecule has 292 valence electrons. The Balaban J connectivity index is 1.17. The van der Waals surface area contributed by atoms with Crippen LogP contribution < -0.4 is 4.90 Å². The summed E-state index contributed by atoms with van der Waals surface area (Å²) in [6.45, 7) is 9.67. The van der Waals surface area contributed by atoms with Crippen LogP contribution in [-0.4, -0.2) is 0 Å². The third-order valence-electron chi connectivity index (χ3n) is 14.2. The van der Waals surface area contributed by atoms with Crippen molar-refractivity contribution >= 4 is 39.6 Å². The van der Waals surface area contributed by atoms with Crippen molar-refractivity contribution in [2.75, 3.05) is 4.90 Å². The van der Waals surface area contributed by atoms with Crippen LogP contribution in [0, 0.1) is 0 Å². The van der Waals surface area contributed by atoms with Crippen LogP contribution >= 0.6 is 11.8 Å². The number of hydrogen-bond acceptors (Lipinski definition) is 2. The maximum atomic E-state index is 2.56. The standard InChI is InChI=1S/C59H45NS/c1-57(2)46-22-11-10-21-44(46)45-35-34-42(37-52(45)57)60(41-32-29-39(30-33-41)38-17-6-5-7-18-38)53-27-16-26-50-55(53)58(3,4)47-23-12-13-24-48(47)59(50)49-25-14-15-28-54(49)61-56-43-20-9-8-19-40(43)31-36-51(56)59/h5-37H,1-4H3. The number of benzene rings is 9. The number of fused-ring (bicyclic) bond motifs is 13. The van der Waals surface area contributed by atoms with E-state index >= 15 is 0 Å². The number of hydrogen-bond donors (Lipinski definition) is 0. The molecule has 0 saturated heterocycles. The Labute approximate surface area is 363 Å². The topological polar surface area (TPSA) is 3.24 Å². The molecule has 0 bridgehead atoms. The van der Waals surface area contributed by atoms with Gasteiger partial charge in [0.25, 0.3) is 0 Å². The first-order valence-electron chi connectivity index (χ1n) is 21.5. The van der Waals surface area contributed by atoms with Crippen LogP contribution in [0.5, 0.6) is 0 Å². The van der Waals surface area contributed by atoms with Gasteiger partial charge in [-0.3, -0.25) is 0 Å². The molecule has 0 fully saturated rings. The summed E-state index contributed by atoms with van der Waals surface area (Å²) in [6, 6.07) is 75.4. The second-order valence-electron chi connectivity index (χ2n) is 18.0. The first kappa shape index (κ1) is 36.3. The molecule has 9 aromatic rings. The maximum absolute atomic E-state index is 2.56. The van der Waals surface area contributed by atoms with Gasteiger partial charge in [0.05, 0.1) is 11.1 Å². The van der Waals surface area contributed by atoms with Crippen LogP contribution in [-0.2, 0) is 16.2 Å². The van der Waals surface area contributed by atoms with Crippen molar-refractivity contribution < 1.29 is 0 Å².